The number of hydrogen-bond donors (Lipinski definition) is 0. The summed E-state index contributed by atoms with van der Waals surface area (Å²) in [5, 5.41) is 5.38. The number of nitrogens with zero attached hydrogens (tertiary/aromatic N) is 6. The van der Waals surface area contributed by atoms with Crippen molar-refractivity contribution in [1.82, 2.24) is 26.2 Å². The molecular weight excluding hydrogens is 2220 g/mol. The van der Waals surface area contributed by atoms with E-state index in [4.69, 9.17) is 31.7 Å². The summed E-state index contributed by atoms with van der Waals surface area (Å²) >= 11 is 15.4. The van der Waals surface area contributed by atoms with Gasteiger partial charge in [0.15, 0.2) is 0 Å². The number of thiophene rings is 6. The number of ether oxygens (including phenoxy) is 3. The van der Waals surface area contributed by atoms with Crippen molar-refractivity contribution >= 4 is 294 Å². The van der Waals surface area contributed by atoms with E-state index in [0.29, 0.717) is 13.2 Å². The van der Waals surface area contributed by atoms with Gasteiger partial charge in [-0.15, -0.1) is 34.0 Å². The molecule has 0 radical (unpaired) electrons. The van der Waals surface area contributed by atoms with Crippen LogP contribution in [0.1, 0.15) is 153 Å². The van der Waals surface area contributed by atoms with Crippen LogP contribution in [0, 0.1) is 20.8 Å². The van der Waals surface area contributed by atoms with E-state index in [1.807, 2.05) is 29.6 Å². The SMILES string of the molecule is CCCCCCCCOc1c(C)c(-c2ccccc2)c2nsnc2c1-c1cc2cc3sc(-c4c(C)c(OCCCCCCCC)c(-c5ccc(-c6ccccc6)s5)c5nsnc45)cc3cc2s1.CCCCCCCCOc1c(C)c(Br)c2nsnc2c1Br.[CH3][Sn]([CH3])([CH3])[c]1cc2cc3s[c]([Sn]([CH3])([CH3])[CH3])cc3cc2s1.[CH3][Sn]([CH3])([CH3])[c]1cc[c]([Sn]([CH3])([CH3])[CH3])s1. The van der Waals surface area contributed by atoms with Crippen LogP contribution >= 0.6 is 135 Å². The molecule has 0 aliphatic carbocycles. The molecule has 16 aromatic rings. The maximum atomic E-state index is 6.92. The Bertz CT molecular complexity index is 5950. The molecule has 16 rings (SSSR count). The van der Waals surface area contributed by atoms with E-state index in [-0.39, 0.29) is 0 Å². The summed E-state index contributed by atoms with van der Waals surface area (Å²) in [6.07, 6.45) is 22.2. The quantitative estimate of drug-likeness (QED) is 0.0294. The third kappa shape index (κ3) is 23.5. The molecule has 0 fully saturated rings. The summed E-state index contributed by atoms with van der Waals surface area (Å²) in [6.45, 7) is 15.3. The topological polar surface area (TPSA) is 105 Å². The number of aromatic nitrogens is 6. The monoisotopic (exact) mass is 2340 g/mol. The number of halogens is 2. The Morgan fingerprint density at radius 3 is 1.05 bits per heavy atom. The van der Waals surface area contributed by atoms with E-state index in [2.05, 4.69) is 302 Å². The Labute approximate surface area is 788 Å². The molecule has 9 aromatic heterocycles. The van der Waals surface area contributed by atoms with Crippen LogP contribution in [0.2, 0.25) is 59.3 Å². The molecule has 638 valence electrons. The predicted octanol–water partition coefficient (Wildman–Crippen LogP) is 32.9. The summed E-state index contributed by atoms with van der Waals surface area (Å²) in [7, 11) is 0. The first-order chi connectivity index (χ1) is 58.0. The van der Waals surface area contributed by atoms with Gasteiger partial charge in [0.2, 0.25) is 0 Å². The molecule has 0 saturated heterocycles. The van der Waals surface area contributed by atoms with Crippen LogP contribution in [0.5, 0.6) is 17.2 Å². The Morgan fingerprint density at radius 1 is 0.281 bits per heavy atom. The average Bonchev–Trinajstić information content (AvgIpc) is 1.64. The fourth-order valence-corrected chi connectivity index (χ4v) is 48.5. The average molecular weight is 2340 g/mol. The summed E-state index contributed by atoms with van der Waals surface area (Å²) in [5.74, 6) is 2.74. The van der Waals surface area contributed by atoms with Gasteiger partial charge in [-0.3, -0.25) is 0 Å². The van der Waals surface area contributed by atoms with Gasteiger partial charge in [0, 0.05) is 56.7 Å². The maximum absolute atomic E-state index is 6.92. The molecule has 0 aliphatic heterocycles. The molecule has 0 aliphatic rings. The molecule has 0 N–H and O–H groups in total. The van der Waals surface area contributed by atoms with E-state index in [9.17, 15) is 0 Å². The van der Waals surface area contributed by atoms with E-state index >= 15 is 0 Å². The first kappa shape index (κ1) is 95.4. The molecule has 0 saturated carbocycles. The van der Waals surface area contributed by atoms with Gasteiger partial charge in [-0.1, -0.05) is 178 Å². The predicted molar refractivity (Wildman–Crippen MR) is 561 cm³/mol. The van der Waals surface area contributed by atoms with Crippen molar-refractivity contribution in [2.75, 3.05) is 19.8 Å². The number of rotatable bonds is 33. The summed E-state index contributed by atoms with van der Waals surface area (Å²) in [4.78, 5) is 34.8. The third-order valence-electron chi connectivity index (χ3n) is 22.2. The number of benzene rings is 7. The van der Waals surface area contributed by atoms with Crippen molar-refractivity contribution in [3.05, 3.63) is 159 Å². The van der Waals surface area contributed by atoms with Crippen LogP contribution in [-0.4, -0.2) is 120 Å². The Morgan fingerprint density at radius 2 is 0.620 bits per heavy atom. The fraction of sp³-hybridized carbons (Fsp3) is 0.402. The van der Waals surface area contributed by atoms with Gasteiger partial charge in [0.25, 0.3) is 0 Å². The van der Waals surface area contributed by atoms with Crippen molar-refractivity contribution in [2.45, 2.75) is 216 Å². The first-order valence-electron chi connectivity index (χ1n) is 43.4. The van der Waals surface area contributed by atoms with Crippen LogP contribution < -0.4 is 25.8 Å². The van der Waals surface area contributed by atoms with E-state index in [1.165, 1.54) is 187 Å². The van der Waals surface area contributed by atoms with E-state index in [1.54, 1.807) is 22.9 Å². The summed E-state index contributed by atoms with van der Waals surface area (Å²) in [6, 6.07) is 49.8. The summed E-state index contributed by atoms with van der Waals surface area (Å²) < 4.78 is 62.6. The zero-order valence-electron chi connectivity index (χ0n) is 73.9. The zero-order chi connectivity index (χ0) is 85.9. The standard InChI is InChI=1S/C56H56N4O2S5.C15H20Br2N2OS.C10H4S2.C4H2S.12CH3.4Sn/c1-5-7-9-11-13-21-29-61-55-35(3)47(38-25-19-16-20-26-38)51-54(60-66-57-51)50(55)46-34-40-32-43-39(31-44(40)65-46)33-45(64-43)48-36(4)56(62-30-22-14-12-10-8-6-2)49(53-52(48)58-67-59-53)42-28-27-41(63-42)37-23-17-15-18-24-37;1-3-4-5-6-7-8-9-20-15-10(2)11(16)13-14(12(15)17)19-21-18-13;1-3-11-9-6-8-2-4-12-10(8)5-7(1)9;1-2-4-5-3-1;;;;;;;;;;;;;;;;/h15-20,23-28,31-34H,5-14,21-22,29-30H2,1-4H3;3-9H2,1-2H3;1-2,5-6H;1-2H;12*1H3;;;;. The molecular formula is C97H118Br2N6O3S9Sn4. The van der Waals surface area contributed by atoms with E-state index < -0.39 is 73.5 Å². The normalized spacial score (nSPS) is 12.2. The van der Waals surface area contributed by atoms with Gasteiger partial charge >= 0.3 is 235 Å². The van der Waals surface area contributed by atoms with Crippen molar-refractivity contribution in [1.29, 1.82) is 0 Å². The Hall–Kier alpha value is -3.21. The van der Waals surface area contributed by atoms with Gasteiger partial charge < -0.3 is 14.2 Å². The number of unbranched alkanes of at least 4 members (excludes halogenated alkanes) is 15. The van der Waals surface area contributed by atoms with Gasteiger partial charge in [-0.2, -0.15) is 26.2 Å². The molecule has 0 atom stereocenters. The van der Waals surface area contributed by atoms with Crippen molar-refractivity contribution in [2.24, 2.45) is 0 Å². The van der Waals surface area contributed by atoms with E-state index in [0.717, 1.165) is 139 Å². The molecule has 7 aromatic carbocycles. The van der Waals surface area contributed by atoms with Crippen molar-refractivity contribution < 1.29 is 14.2 Å². The fourth-order valence-electron chi connectivity index (χ4n) is 15.2. The Balaban J connectivity index is 0.000000187. The molecule has 0 bridgehead atoms. The van der Waals surface area contributed by atoms with Crippen molar-refractivity contribution in [3.63, 3.8) is 0 Å². The zero-order valence-corrected chi connectivity index (χ0v) is 95.8. The second-order valence-electron chi connectivity index (χ2n) is 36.1. The number of hydrogen-bond acceptors (Lipinski definition) is 18. The summed E-state index contributed by atoms with van der Waals surface area (Å²) in [5.41, 5.74) is 15.5. The molecule has 0 amide bonds. The van der Waals surface area contributed by atoms with Crippen LogP contribution in [0.3, 0.4) is 0 Å². The molecule has 24 heteroatoms. The third-order valence-corrected chi connectivity index (χ3v) is 69.9. The van der Waals surface area contributed by atoms with Crippen molar-refractivity contribution in [3.8, 4) is 70.1 Å². The van der Waals surface area contributed by atoms with Crippen LogP contribution in [0.15, 0.2) is 142 Å². The minimum atomic E-state index is -1.91. The second kappa shape index (κ2) is 43.5. The molecule has 9 nitrogen and oxygen atoms in total. The first-order valence-corrected chi connectivity index (χ1v) is 92.0. The molecule has 9 heterocycles. The minimum absolute atomic E-state index is 0.675. The molecule has 0 spiro atoms. The Kier molecular flexibility index (Phi) is 34.3. The molecule has 0 unspecified atom stereocenters. The number of fused-ring (bicyclic) bond motifs is 7. The van der Waals surface area contributed by atoms with Gasteiger partial charge in [-0.25, -0.2) is 0 Å². The van der Waals surface area contributed by atoms with Crippen LogP contribution in [0.4, 0.5) is 0 Å². The molecule has 121 heavy (non-hydrogen) atoms. The van der Waals surface area contributed by atoms with Gasteiger partial charge in [-0.05, 0) is 130 Å². The van der Waals surface area contributed by atoms with Gasteiger partial charge in [0.05, 0.1) is 75.1 Å². The van der Waals surface area contributed by atoms with Crippen LogP contribution in [0.25, 0.3) is 126 Å². The van der Waals surface area contributed by atoms with Crippen LogP contribution in [-0.2, 0) is 0 Å². The van der Waals surface area contributed by atoms with Gasteiger partial charge in [0.1, 0.15) is 50.3 Å². The second-order valence-corrected chi connectivity index (χ2v) is 107.